The minimum Gasteiger partial charge on any atom is -0.465 e. The molecular formula is C18H25N3O3. The zero-order chi connectivity index (χ0) is 16.9. The van der Waals surface area contributed by atoms with E-state index in [4.69, 9.17) is 5.11 Å². The summed E-state index contributed by atoms with van der Waals surface area (Å²) >= 11 is 0. The number of carbonyl (C=O) groups excluding carboxylic acids is 1. The average molecular weight is 331 g/mol. The van der Waals surface area contributed by atoms with Crippen LogP contribution in [0.2, 0.25) is 0 Å². The van der Waals surface area contributed by atoms with E-state index in [9.17, 15) is 9.59 Å². The number of nitrogens with zero attached hydrogens (tertiary/aromatic N) is 1. The Hall–Kier alpha value is -2.08. The van der Waals surface area contributed by atoms with Gasteiger partial charge in [-0.15, -0.1) is 0 Å². The first-order valence-corrected chi connectivity index (χ1v) is 8.67. The third-order valence-corrected chi connectivity index (χ3v) is 5.16. The van der Waals surface area contributed by atoms with Gasteiger partial charge in [0.15, 0.2) is 0 Å². The monoisotopic (exact) mass is 331 g/mol. The van der Waals surface area contributed by atoms with Crippen LogP contribution in [0.15, 0.2) is 30.3 Å². The minimum atomic E-state index is -1.17. The molecule has 6 nitrogen and oxygen atoms in total. The summed E-state index contributed by atoms with van der Waals surface area (Å²) in [6, 6.07) is 11.5. The number of nitrogens with one attached hydrogen (secondary N) is 2. The molecule has 6 heteroatoms. The van der Waals surface area contributed by atoms with E-state index in [0.29, 0.717) is 12.0 Å². The van der Waals surface area contributed by atoms with E-state index >= 15 is 0 Å². The molecule has 1 aromatic rings. The summed E-state index contributed by atoms with van der Waals surface area (Å²) < 4.78 is 0. The molecule has 1 heterocycles. The van der Waals surface area contributed by atoms with E-state index < -0.39 is 6.09 Å². The Labute approximate surface area is 142 Å². The Morgan fingerprint density at radius 3 is 2.38 bits per heavy atom. The van der Waals surface area contributed by atoms with Crippen molar-refractivity contribution in [3.05, 3.63) is 35.9 Å². The van der Waals surface area contributed by atoms with Crippen molar-refractivity contribution < 1.29 is 14.7 Å². The number of benzene rings is 1. The number of carboxylic acid groups (broad SMARTS) is 1. The molecule has 1 saturated carbocycles. The Morgan fingerprint density at radius 2 is 1.75 bits per heavy atom. The number of hydrogen-bond donors (Lipinski definition) is 3. The zero-order valence-electron chi connectivity index (χ0n) is 13.8. The minimum absolute atomic E-state index is 0.153. The second-order valence-electron chi connectivity index (χ2n) is 6.79. The van der Waals surface area contributed by atoms with Crippen LogP contribution in [0.4, 0.5) is 4.79 Å². The molecular weight excluding hydrogens is 306 g/mol. The Kier molecular flexibility index (Phi) is 5.35. The van der Waals surface area contributed by atoms with Crippen molar-refractivity contribution >= 4 is 12.0 Å². The van der Waals surface area contributed by atoms with E-state index in [-0.39, 0.29) is 18.5 Å². The number of amides is 2. The highest BCUT2D eigenvalue weighted by molar-refractivity contribution is 5.81. The molecule has 1 saturated heterocycles. The van der Waals surface area contributed by atoms with Gasteiger partial charge in [0, 0.05) is 19.1 Å². The average Bonchev–Trinajstić information content (AvgIpc) is 2.57. The van der Waals surface area contributed by atoms with Crippen LogP contribution >= 0.6 is 0 Å². The van der Waals surface area contributed by atoms with E-state index in [0.717, 1.165) is 13.1 Å². The molecule has 3 rings (SSSR count). The van der Waals surface area contributed by atoms with Gasteiger partial charge in [-0.25, -0.2) is 4.79 Å². The summed E-state index contributed by atoms with van der Waals surface area (Å²) in [6.45, 7) is 1.58. The maximum absolute atomic E-state index is 11.6. The largest absolute Gasteiger partial charge is 0.465 e. The summed E-state index contributed by atoms with van der Waals surface area (Å²) in [5.74, 6) is 0.427. The van der Waals surface area contributed by atoms with E-state index in [1.165, 1.54) is 31.2 Å². The fourth-order valence-electron chi connectivity index (χ4n) is 3.84. The summed E-state index contributed by atoms with van der Waals surface area (Å²) in [7, 11) is 0. The molecule has 1 aliphatic carbocycles. The Morgan fingerprint density at radius 1 is 1.08 bits per heavy atom. The number of likely N-dealkylation sites (tertiary alicyclic amines) is 1. The Bertz CT molecular complexity index is 564. The fourth-order valence-corrected chi connectivity index (χ4v) is 3.84. The molecule has 0 atom stereocenters. The molecule has 0 bridgehead atoms. The molecule has 0 unspecified atom stereocenters. The normalized spacial score (nSPS) is 24.8. The fraction of sp³-hybridized carbons (Fsp3) is 0.556. The summed E-state index contributed by atoms with van der Waals surface area (Å²) in [5, 5.41) is 13.4. The van der Waals surface area contributed by atoms with Gasteiger partial charge in [-0.1, -0.05) is 30.3 Å². The van der Waals surface area contributed by atoms with Crippen LogP contribution in [-0.4, -0.2) is 53.7 Å². The van der Waals surface area contributed by atoms with Crippen molar-refractivity contribution in [2.75, 3.05) is 19.6 Å². The second kappa shape index (κ2) is 7.66. The van der Waals surface area contributed by atoms with Gasteiger partial charge in [0.1, 0.15) is 0 Å². The van der Waals surface area contributed by atoms with Crippen molar-refractivity contribution in [1.29, 1.82) is 0 Å². The van der Waals surface area contributed by atoms with Gasteiger partial charge in [-0.05, 0) is 37.2 Å². The number of hydrogen-bond acceptors (Lipinski definition) is 3. The summed E-state index contributed by atoms with van der Waals surface area (Å²) in [6.07, 6.45) is 3.70. The molecule has 2 amide bonds. The van der Waals surface area contributed by atoms with Crippen molar-refractivity contribution in [2.24, 2.45) is 0 Å². The lowest BCUT2D eigenvalue weighted by atomic mass is 9.80. The van der Waals surface area contributed by atoms with Gasteiger partial charge < -0.3 is 15.7 Å². The maximum atomic E-state index is 11.6. The second-order valence-corrected chi connectivity index (χ2v) is 6.79. The topological polar surface area (TPSA) is 81.7 Å². The molecule has 1 aliphatic heterocycles. The van der Waals surface area contributed by atoms with Crippen molar-refractivity contribution in [3.8, 4) is 0 Å². The van der Waals surface area contributed by atoms with Crippen LogP contribution in [0.3, 0.4) is 0 Å². The van der Waals surface area contributed by atoms with Gasteiger partial charge >= 0.3 is 6.09 Å². The summed E-state index contributed by atoms with van der Waals surface area (Å²) in [5.41, 5.74) is 1.45. The molecule has 24 heavy (non-hydrogen) atoms. The molecule has 1 aromatic carbocycles. The van der Waals surface area contributed by atoms with Gasteiger partial charge in [-0.3, -0.25) is 9.69 Å². The van der Waals surface area contributed by atoms with Gasteiger partial charge in [0.2, 0.25) is 5.91 Å². The molecule has 0 radical (unpaired) electrons. The molecule has 0 aromatic heterocycles. The smallest absolute Gasteiger partial charge is 0.405 e. The number of rotatable bonds is 5. The van der Waals surface area contributed by atoms with Crippen molar-refractivity contribution in [1.82, 2.24) is 15.5 Å². The van der Waals surface area contributed by atoms with Crippen molar-refractivity contribution in [2.45, 2.75) is 43.7 Å². The molecule has 2 aliphatic rings. The summed E-state index contributed by atoms with van der Waals surface area (Å²) in [4.78, 5) is 24.4. The first kappa shape index (κ1) is 16.8. The van der Waals surface area contributed by atoms with Crippen LogP contribution < -0.4 is 10.6 Å². The van der Waals surface area contributed by atoms with Crippen LogP contribution in [0.1, 0.15) is 37.2 Å². The third-order valence-electron chi connectivity index (χ3n) is 5.16. The first-order valence-electron chi connectivity index (χ1n) is 8.67. The van der Waals surface area contributed by atoms with Crippen molar-refractivity contribution in [3.63, 3.8) is 0 Å². The van der Waals surface area contributed by atoms with Crippen LogP contribution in [0, 0.1) is 0 Å². The standard InChI is InChI=1S/C18H25N3O3/c22-17(10-19-18(23)24)20-15-11-21(12-15)16-8-6-14(7-9-16)13-4-2-1-3-5-13/h1-5,14-16,19H,6-12H2,(H,20,22)(H,23,24). The van der Waals surface area contributed by atoms with Crippen LogP contribution in [-0.2, 0) is 4.79 Å². The lowest BCUT2D eigenvalue weighted by Gasteiger charge is -2.46. The van der Waals surface area contributed by atoms with Gasteiger partial charge in [0.05, 0.1) is 12.6 Å². The zero-order valence-corrected chi connectivity index (χ0v) is 13.8. The number of carbonyl (C=O) groups is 2. The highest BCUT2D eigenvalue weighted by atomic mass is 16.4. The maximum Gasteiger partial charge on any atom is 0.405 e. The van der Waals surface area contributed by atoms with Gasteiger partial charge in [-0.2, -0.15) is 0 Å². The predicted molar refractivity (Wildman–Crippen MR) is 91.0 cm³/mol. The SMILES string of the molecule is O=C(O)NCC(=O)NC1CN(C2CCC(c3ccccc3)CC2)C1. The van der Waals surface area contributed by atoms with E-state index in [2.05, 4.69) is 45.9 Å². The molecule has 3 N–H and O–H groups in total. The molecule has 0 spiro atoms. The van der Waals surface area contributed by atoms with E-state index in [1.807, 2.05) is 0 Å². The van der Waals surface area contributed by atoms with Gasteiger partial charge in [0.25, 0.3) is 0 Å². The molecule has 130 valence electrons. The van der Waals surface area contributed by atoms with Crippen LogP contribution in [0.25, 0.3) is 0 Å². The highest BCUT2D eigenvalue weighted by Crippen LogP contribution is 2.35. The van der Waals surface area contributed by atoms with E-state index in [1.54, 1.807) is 0 Å². The quantitative estimate of drug-likeness (QED) is 0.768. The molecule has 2 fully saturated rings. The lowest BCUT2D eigenvalue weighted by molar-refractivity contribution is -0.122. The Balaban J connectivity index is 1.36. The predicted octanol–water partition coefficient (Wildman–Crippen LogP) is 1.78. The lowest BCUT2D eigenvalue weighted by Crippen LogP contribution is -2.63. The van der Waals surface area contributed by atoms with Crippen LogP contribution in [0.5, 0.6) is 0 Å². The highest BCUT2D eigenvalue weighted by Gasteiger charge is 2.35. The third kappa shape index (κ3) is 4.26. The first-order chi connectivity index (χ1) is 11.6.